The van der Waals surface area contributed by atoms with Crippen LogP contribution in [-0.2, 0) is 9.47 Å². The maximum atomic E-state index is 12.8. The zero-order valence-electron chi connectivity index (χ0n) is 24.5. The van der Waals surface area contributed by atoms with Gasteiger partial charge in [-0.2, -0.15) is 0 Å². The van der Waals surface area contributed by atoms with Crippen molar-refractivity contribution in [2.75, 3.05) is 75.5 Å². The molecule has 1 heterocycles. The molecule has 1 N–H and O–H groups in total. The number of rotatable bonds is 14. The topological polar surface area (TPSA) is 112 Å². The fourth-order valence-corrected chi connectivity index (χ4v) is 4.87. The number of benzene rings is 2. The van der Waals surface area contributed by atoms with E-state index >= 15 is 0 Å². The van der Waals surface area contributed by atoms with E-state index in [2.05, 4.69) is 0 Å². The number of piperidine rings is 1. The molecule has 2 unspecified atom stereocenters. The van der Waals surface area contributed by atoms with E-state index in [9.17, 15) is 9.59 Å². The minimum atomic E-state index is -0.454. The third-order valence-corrected chi connectivity index (χ3v) is 6.88. The minimum absolute atomic E-state index is 0. The third-order valence-electron chi connectivity index (χ3n) is 6.88. The Balaban J connectivity index is 0.00000588. The molecule has 2 aromatic carbocycles. The zero-order chi connectivity index (χ0) is 29.1. The molecule has 1 aliphatic rings. The number of hydrogen-bond acceptors (Lipinski definition) is 10. The van der Waals surface area contributed by atoms with E-state index in [0.29, 0.717) is 65.3 Å². The predicted octanol–water partition coefficient (Wildman–Crippen LogP) is -0.559. The molecule has 1 saturated heterocycles. The predicted molar refractivity (Wildman–Crippen MR) is 146 cm³/mol. The van der Waals surface area contributed by atoms with Gasteiger partial charge in [0.1, 0.15) is 0 Å². The summed E-state index contributed by atoms with van der Waals surface area (Å²) >= 11 is 0. The standard InChI is InChI=1S/C29H39NO10.ClH/c1-33-22-13-20(14-23(34-2)26(22)37-5)28(31)39-12-8-11-30-10-7-9-19(17-30)18-40-29(32)21-15-24(35-3)27(38-6)25(16-21)36-4;/h13-16,19H,7-12,17-18H2,1-6H3;1H. The monoisotopic (exact) mass is 597 g/mol. The second-order valence-corrected chi connectivity index (χ2v) is 9.38. The Labute approximate surface area is 247 Å². The number of halogens is 1. The van der Waals surface area contributed by atoms with Gasteiger partial charge in [0.2, 0.25) is 11.5 Å². The summed E-state index contributed by atoms with van der Waals surface area (Å²) in [6.45, 7) is 3.37. The van der Waals surface area contributed by atoms with Gasteiger partial charge in [-0.3, -0.25) is 0 Å². The molecule has 12 heteroatoms. The van der Waals surface area contributed by atoms with Crippen LogP contribution in [0, 0.1) is 5.92 Å². The largest absolute Gasteiger partial charge is 1.00 e. The second kappa shape index (κ2) is 16.6. The van der Waals surface area contributed by atoms with Gasteiger partial charge >= 0.3 is 11.9 Å². The van der Waals surface area contributed by atoms with Gasteiger partial charge in [-0.25, -0.2) is 9.59 Å². The summed E-state index contributed by atoms with van der Waals surface area (Å²) in [7, 11) is 9.01. The summed E-state index contributed by atoms with van der Waals surface area (Å²) in [5, 5.41) is 0. The van der Waals surface area contributed by atoms with Gasteiger partial charge in [0.25, 0.3) is 0 Å². The van der Waals surface area contributed by atoms with Crippen LogP contribution in [0.5, 0.6) is 34.5 Å². The summed E-state index contributed by atoms with van der Waals surface area (Å²) in [6.07, 6.45) is 2.73. The number of carbonyl (C=O) groups excluding carboxylic acids is 2. The Morgan fingerprint density at radius 3 is 1.63 bits per heavy atom. The average molecular weight is 598 g/mol. The number of hydrogen-bond donors (Lipinski definition) is 1. The first-order chi connectivity index (χ1) is 19.4. The van der Waals surface area contributed by atoms with Crippen LogP contribution >= 0.6 is 0 Å². The highest BCUT2D eigenvalue weighted by atomic mass is 35.5. The smallest absolute Gasteiger partial charge is 0.338 e. The van der Waals surface area contributed by atoms with Crippen LogP contribution in [-0.4, -0.2) is 87.4 Å². The molecule has 2 aromatic rings. The Morgan fingerprint density at radius 2 is 1.20 bits per heavy atom. The minimum Gasteiger partial charge on any atom is -1.00 e. The van der Waals surface area contributed by atoms with Crippen molar-refractivity contribution in [2.45, 2.75) is 19.3 Å². The molecule has 3 rings (SSSR count). The van der Waals surface area contributed by atoms with Crippen LogP contribution in [0.2, 0.25) is 0 Å². The first kappa shape index (κ1) is 33.6. The molecule has 0 bridgehead atoms. The fraction of sp³-hybridized carbons (Fsp3) is 0.517. The zero-order valence-corrected chi connectivity index (χ0v) is 25.3. The highest BCUT2D eigenvalue weighted by molar-refractivity contribution is 5.91. The van der Waals surface area contributed by atoms with Gasteiger partial charge in [-0.15, -0.1) is 0 Å². The first-order valence-corrected chi connectivity index (χ1v) is 13.2. The van der Waals surface area contributed by atoms with E-state index < -0.39 is 11.9 Å². The molecular formula is C29H40ClNO10. The summed E-state index contributed by atoms with van der Waals surface area (Å²) in [5.41, 5.74) is 0.664. The second-order valence-electron chi connectivity index (χ2n) is 9.38. The van der Waals surface area contributed by atoms with Crippen molar-refractivity contribution in [1.29, 1.82) is 0 Å². The lowest BCUT2D eigenvalue weighted by molar-refractivity contribution is -0.909. The van der Waals surface area contributed by atoms with Crippen molar-refractivity contribution in [3.05, 3.63) is 35.4 Å². The van der Waals surface area contributed by atoms with Gasteiger partial charge in [0.05, 0.1) is 86.6 Å². The fourth-order valence-electron chi connectivity index (χ4n) is 4.87. The number of esters is 2. The van der Waals surface area contributed by atoms with Gasteiger partial charge in [0, 0.05) is 12.3 Å². The molecule has 0 aliphatic carbocycles. The van der Waals surface area contributed by atoms with Gasteiger partial charge in [-0.05, 0) is 37.1 Å². The maximum absolute atomic E-state index is 12.8. The lowest BCUT2D eigenvalue weighted by atomic mass is 9.99. The highest BCUT2D eigenvalue weighted by Crippen LogP contribution is 2.39. The molecule has 41 heavy (non-hydrogen) atoms. The van der Waals surface area contributed by atoms with E-state index in [1.807, 2.05) is 0 Å². The molecule has 0 spiro atoms. The number of carbonyl (C=O) groups is 2. The van der Waals surface area contributed by atoms with Crippen molar-refractivity contribution < 1.29 is 64.8 Å². The highest BCUT2D eigenvalue weighted by Gasteiger charge is 2.25. The van der Waals surface area contributed by atoms with Gasteiger partial charge in [-0.1, -0.05) is 0 Å². The lowest BCUT2D eigenvalue weighted by Gasteiger charge is -2.29. The van der Waals surface area contributed by atoms with Crippen LogP contribution in [0.4, 0.5) is 0 Å². The quantitative estimate of drug-likeness (QED) is 0.225. The Bertz CT molecular complexity index is 1110. The number of likely N-dealkylation sites (tertiary alicyclic amines) is 1. The molecule has 0 saturated carbocycles. The summed E-state index contributed by atoms with van der Waals surface area (Å²) < 4.78 is 43.0. The molecular weight excluding hydrogens is 558 g/mol. The van der Waals surface area contributed by atoms with Crippen molar-refractivity contribution in [1.82, 2.24) is 0 Å². The molecule has 11 nitrogen and oxygen atoms in total. The third kappa shape index (κ3) is 8.71. The normalized spacial score (nSPS) is 16.0. The van der Waals surface area contributed by atoms with Gasteiger partial charge < -0.3 is 55.2 Å². The maximum Gasteiger partial charge on any atom is 0.338 e. The number of nitrogens with one attached hydrogen (secondary N) is 1. The Kier molecular flexibility index (Phi) is 13.6. The van der Waals surface area contributed by atoms with Crippen LogP contribution < -0.4 is 45.7 Å². The summed E-state index contributed by atoms with van der Waals surface area (Å²) in [6, 6.07) is 6.32. The molecule has 228 valence electrons. The van der Waals surface area contributed by atoms with Crippen molar-refractivity contribution in [2.24, 2.45) is 5.92 Å². The average Bonchev–Trinajstić information content (AvgIpc) is 3.00. The van der Waals surface area contributed by atoms with Gasteiger partial charge in [0.15, 0.2) is 23.0 Å². The molecule has 0 radical (unpaired) electrons. The van der Waals surface area contributed by atoms with E-state index in [1.165, 1.54) is 47.6 Å². The van der Waals surface area contributed by atoms with Crippen molar-refractivity contribution in [3.8, 4) is 34.5 Å². The molecule has 1 aliphatic heterocycles. The molecule has 1 fully saturated rings. The lowest BCUT2D eigenvalue weighted by Crippen LogP contribution is -3.13. The summed E-state index contributed by atoms with van der Waals surface area (Å²) in [5.74, 6) is 1.76. The van der Waals surface area contributed by atoms with Crippen molar-refractivity contribution >= 4 is 11.9 Å². The van der Waals surface area contributed by atoms with Crippen LogP contribution in [0.1, 0.15) is 40.0 Å². The number of quaternary nitrogens is 1. The van der Waals surface area contributed by atoms with E-state index in [4.69, 9.17) is 37.9 Å². The van der Waals surface area contributed by atoms with E-state index in [-0.39, 0.29) is 18.3 Å². The number of ether oxygens (including phenoxy) is 8. The Hall–Kier alpha value is -3.57. The van der Waals surface area contributed by atoms with Crippen molar-refractivity contribution in [3.63, 3.8) is 0 Å². The molecule has 0 aromatic heterocycles. The van der Waals surface area contributed by atoms with E-state index in [1.54, 1.807) is 24.3 Å². The SMILES string of the molecule is COc1cc(C(=O)OCCC[NH+]2CCCC(COC(=O)c3cc(OC)c(OC)c(OC)c3)C2)cc(OC)c1OC.[Cl-]. The van der Waals surface area contributed by atoms with Crippen LogP contribution in [0.25, 0.3) is 0 Å². The first-order valence-electron chi connectivity index (χ1n) is 13.2. The number of methoxy groups -OCH3 is 6. The van der Waals surface area contributed by atoms with Crippen LogP contribution in [0.15, 0.2) is 24.3 Å². The summed E-state index contributed by atoms with van der Waals surface area (Å²) in [4.78, 5) is 26.8. The molecule has 2 atom stereocenters. The van der Waals surface area contributed by atoms with E-state index in [0.717, 1.165) is 32.5 Å². The van der Waals surface area contributed by atoms with Crippen LogP contribution in [0.3, 0.4) is 0 Å². The molecule has 0 amide bonds. The Morgan fingerprint density at radius 1 is 0.732 bits per heavy atom.